The zero-order valence-electron chi connectivity index (χ0n) is 19.7. The maximum atomic E-state index is 13.3. The lowest BCUT2D eigenvalue weighted by Crippen LogP contribution is -2.48. The summed E-state index contributed by atoms with van der Waals surface area (Å²) in [6.45, 7) is 2.76. The molecule has 0 aliphatic carbocycles. The molecule has 0 saturated carbocycles. The van der Waals surface area contributed by atoms with Crippen molar-refractivity contribution >= 4 is 46.7 Å². The van der Waals surface area contributed by atoms with E-state index in [2.05, 4.69) is 4.98 Å². The van der Waals surface area contributed by atoms with Gasteiger partial charge in [0.2, 0.25) is 0 Å². The molecule has 0 radical (unpaired) electrons. The van der Waals surface area contributed by atoms with Gasteiger partial charge in [0, 0.05) is 37.1 Å². The summed E-state index contributed by atoms with van der Waals surface area (Å²) in [4.78, 5) is 45.9. The molecule has 2 aliphatic heterocycles. The zero-order valence-corrected chi connectivity index (χ0v) is 21.3. The number of aliphatic hydroxyl groups is 1. The third kappa shape index (κ3) is 4.73. The number of carbonyl (C=O) groups excluding carboxylic acids is 3. The Kier molecular flexibility index (Phi) is 7.70. The minimum Gasteiger partial charge on any atom is -0.507 e. The summed E-state index contributed by atoms with van der Waals surface area (Å²) in [6, 6.07) is 5.05. The summed E-state index contributed by atoms with van der Waals surface area (Å²) >= 11 is 12.5. The van der Waals surface area contributed by atoms with E-state index < -0.39 is 29.6 Å². The highest BCUT2D eigenvalue weighted by molar-refractivity contribution is 6.47. The Morgan fingerprint density at radius 3 is 2.31 bits per heavy atom. The van der Waals surface area contributed by atoms with Crippen LogP contribution in [0.25, 0.3) is 5.76 Å². The molecule has 3 heterocycles. The van der Waals surface area contributed by atoms with Gasteiger partial charge in [-0.2, -0.15) is 0 Å². The highest BCUT2D eigenvalue weighted by Crippen LogP contribution is 2.43. The molecule has 9 nitrogen and oxygen atoms in total. The number of carbonyl (C=O) groups is 3. The van der Waals surface area contributed by atoms with E-state index in [4.69, 9.17) is 32.7 Å². The molecule has 0 bridgehead atoms. The maximum Gasteiger partial charge on any atom is 0.409 e. The van der Waals surface area contributed by atoms with Crippen molar-refractivity contribution in [1.29, 1.82) is 0 Å². The number of halogens is 2. The highest BCUT2D eigenvalue weighted by Gasteiger charge is 2.49. The van der Waals surface area contributed by atoms with Crippen LogP contribution in [0.1, 0.15) is 36.9 Å². The molecule has 1 atom stereocenters. The third-order valence-electron chi connectivity index (χ3n) is 6.36. The van der Waals surface area contributed by atoms with Crippen molar-refractivity contribution in [3.05, 3.63) is 63.4 Å². The second-order valence-corrected chi connectivity index (χ2v) is 9.19. The van der Waals surface area contributed by atoms with Gasteiger partial charge < -0.3 is 24.4 Å². The molecule has 2 saturated heterocycles. The Hall–Kier alpha value is -3.30. The molecule has 2 aliphatic rings. The van der Waals surface area contributed by atoms with Crippen LogP contribution < -0.4 is 4.74 Å². The van der Waals surface area contributed by atoms with Crippen LogP contribution in [-0.2, 0) is 14.3 Å². The van der Waals surface area contributed by atoms with E-state index in [0.29, 0.717) is 31.5 Å². The molecular formula is C25H25Cl2N3O6. The van der Waals surface area contributed by atoms with Gasteiger partial charge in [0.15, 0.2) is 5.75 Å². The molecule has 1 aromatic heterocycles. The first-order valence-corrected chi connectivity index (χ1v) is 12.2. The van der Waals surface area contributed by atoms with Crippen LogP contribution in [-0.4, -0.2) is 70.5 Å². The number of aromatic nitrogens is 1. The van der Waals surface area contributed by atoms with Crippen LogP contribution in [0.15, 0.2) is 42.2 Å². The number of hydrogen-bond donors (Lipinski definition) is 1. The number of amides is 2. The summed E-state index contributed by atoms with van der Waals surface area (Å²) in [7, 11) is 1.41. The predicted octanol–water partition coefficient (Wildman–Crippen LogP) is 4.44. The van der Waals surface area contributed by atoms with E-state index in [1.54, 1.807) is 36.4 Å². The first-order chi connectivity index (χ1) is 17.3. The van der Waals surface area contributed by atoms with E-state index in [1.165, 1.54) is 24.1 Å². The zero-order chi connectivity index (χ0) is 26.0. The number of likely N-dealkylation sites (tertiary alicyclic amines) is 2. The summed E-state index contributed by atoms with van der Waals surface area (Å²) < 4.78 is 10.2. The van der Waals surface area contributed by atoms with E-state index in [9.17, 15) is 19.5 Å². The van der Waals surface area contributed by atoms with Gasteiger partial charge in [0.25, 0.3) is 11.7 Å². The summed E-state index contributed by atoms with van der Waals surface area (Å²) in [5.41, 5.74) is 0.723. The summed E-state index contributed by atoms with van der Waals surface area (Å²) in [5.74, 6) is -1.70. The minimum atomic E-state index is -0.855. The second kappa shape index (κ2) is 10.8. The van der Waals surface area contributed by atoms with Gasteiger partial charge in [-0.3, -0.25) is 14.6 Å². The molecule has 1 unspecified atom stereocenters. The number of nitrogens with zero attached hydrogens (tertiary/aromatic N) is 3. The lowest BCUT2D eigenvalue weighted by atomic mass is 9.94. The number of rotatable bonds is 5. The standard InChI is InChI=1S/C25H25Cl2N3O6/c1-3-36-25(34)29-10-6-16(7-11-29)30-20(14-4-8-28-9-5-14)19(22(32)24(30)33)21(31)15-12-17(26)23(35-2)18(27)13-15/h4-5,8-9,12-13,16,20,31H,3,6-7,10-11H2,1-2H3/b21-19+. The number of Topliss-reactive ketones (excluding diaryl/α,β-unsaturated/α-hetero) is 1. The van der Waals surface area contributed by atoms with Gasteiger partial charge in [0.1, 0.15) is 5.76 Å². The molecule has 36 heavy (non-hydrogen) atoms. The van der Waals surface area contributed by atoms with Crippen LogP contribution in [0.3, 0.4) is 0 Å². The van der Waals surface area contributed by atoms with Gasteiger partial charge in [0.05, 0.1) is 35.4 Å². The summed E-state index contributed by atoms with van der Waals surface area (Å²) in [6.07, 6.45) is 3.61. The number of benzene rings is 1. The molecule has 2 amide bonds. The number of piperidine rings is 1. The Morgan fingerprint density at radius 1 is 1.14 bits per heavy atom. The van der Waals surface area contributed by atoms with Crippen LogP contribution in [0.2, 0.25) is 10.0 Å². The van der Waals surface area contributed by atoms with E-state index in [-0.39, 0.29) is 39.6 Å². The molecule has 0 spiro atoms. The highest BCUT2D eigenvalue weighted by atomic mass is 35.5. The topological polar surface area (TPSA) is 109 Å². The van der Waals surface area contributed by atoms with Crippen molar-refractivity contribution in [1.82, 2.24) is 14.8 Å². The summed E-state index contributed by atoms with van der Waals surface area (Å²) in [5, 5.41) is 11.6. The molecular weight excluding hydrogens is 509 g/mol. The Labute approximate surface area is 218 Å². The quantitative estimate of drug-likeness (QED) is 0.343. The van der Waals surface area contributed by atoms with Crippen molar-refractivity contribution in [2.24, 2.45) is 0 Å². The van der Waals surface area contributed by atoms with E-state index in [1.807, 2.05) is 0 Å². The van der Waals surface area contributed by atoms with Gasteiger partial charge in [-0.25, -0.2) is 4.79 Å². The van der Waals surface area contributed by atoms with Gasteiger partial charge in [-0.05, 0) is 49.6 Å². The maximum absolute atomic E-state index is 13.3. The third-order valence-corrected chi connectivity index (χ3v) is 6.92. The molecule has 1 N–H and O–H groups in total. The number of ketones is 1. The van der Waals surface area contributed by atoms with Crippen LogP contribution in [0.5, 0.6) is 5.75 Å². The van der Waals surface area contributed by atoms with Crippen LogP contribution in [0.4, 0.5) is 4.79 Å². The van der Waals surface area contributed by atoms with Crippen LogP contribution >= 0.6 is 23.2 Å². The lowest BCUT2D eigenvalue weighted by molar-refractivity contribution is -0.142. The molecule has 2 aromatic rings. The van der Waals surface area contributed by atoms with Gasteiger partial charge in [-0.15, -0.1) is 0 Å². The predicted molar refractivity (Wildman–Crippen MR) is 133 cm³/mol. The SMILES string of the molecule is CCOC(=O)N1CCC(N2C(=O)C(=O)/C(=C(/O)c3cc(Cl)c(OC)c(Cl)c3)C2c2ccncc2)CC1. The Morgan fingerprint density at radius 2 is 1.75 bits per heavy atom. The fraction of sp³-hybridized carbons (Fsp3) is 0.360. The van der Waals surface area contributed by atoms with Gasteiger partial charge >= 0.3 is 6.09 Å². The van der Waals surface area contributed by atoms with Crippen molar-refractivity contribution < 1.29 is 29.0 Å². The fourth-order valence-corrected chi connectivity index (χ4v) is 5.33. The molecule has 190 valence electrons. The largest absolute Gasteiger partial charge is 0.507 e. The van der Waals surface area contributed by atoms with Crippen LogP contribution in [0, 0.1) is 0 Å². The molecule has 11 heteroatoms. The molecule has 2 fully saturated rings. The molecule has 1 aromatic carbocycles. The second-order valence-electron chi connectivity index (χ2n) is 8.38. The van der Waals surface area contributed by atoms with Crippen molar-refractivity contribution in [3.8, 4) is 5.75 Å². The van der Waals surface area contributed by atoms with E-state index in [0.717, 1.165) is 0 Å². The average molecular weight is 534 g/mol. The number of methoxy groups -OCH3 is 1. The fourth-order valence-electron chi connectivity index (χ4n) is 4.69. The first kappa shape index (κ1) is 25.8. The number of pyridine rings is 1. The lowest BCUT2D eigenvalue weighted by Gasteiger charge is -2.38. The minimum absolute atomic E-state index is 0.0728. The van der Waals surface area contributed by atoms with Crippen molar-refractivity contribution in [3.63, 3.8) is 0 Å². The monoisotopic (exact) mass is 533 g/mol. The Balaban J connectivity index is 1.75. The van der Waals surface area contributed by atoms with Gasteiger partial charge in [-0.1, -0.05) is 23.2 Å². The smallest absolute Gasteiger partial charge is 0.409 e. The number of ether oxygens (including phenoxy) is 2. The molecule has 4 rings (SSSR count). The normalized spacial score (nSPS) is 20.1. The Bertz CT molecular complexity index is 1190. The number of hydrogen-bond acceptors (Lipinski definition) is 7. The van der Waals surface area contributed by atoms with Crippen molar-refractivity contribution in [2.45, 2.75) is 31.8 Å². The first-order valence-electron chi connectivity index (χ1n) is 11.4. The average Bonchev–Trinajstić information content (AvgIpc) is 3.14. The number of aliphatic hydroxyl groups excluding tert-OH is 1. The van der Waals surface area contributed by atoms with Crippen molar-refractivity contribution in [2.75, 3.05) is 26.8 Å². The van der Waals surface area contributed by atoms with E-state index >= 15 is 0 Å².